The van der Waals surface area contributed by atoms with Crippen LogP contribution in [0.4, 0.5) is 11.4 Å². The van der Waals surface area contributed by atoms with Crippen LogP contribution in [0.2, 0.25) is 0 Å². The lowest BCUT2D eigenvalue weighted by Gasteiger charge is -2.14. The summed E-state index contributed by atoms with van der Waals surface area (Å²) in [4.78, 5) is 39.9. The van der Waals surface area contributed by atoms with Crippen molar-refractivity contribution < 1.29 is 14.4 Å². The Hall–Kier alpha value is -4.62. The van der Waals surface area contributed by atoms with E-state index in [1.54, 1.807) is 42.5 Å². The first-order valence-electron chi connectivity index (χ1n) is 13.8. The molecule has 0 heterocycles. The second-order valence-electron chi connectivity index (χ2n) is 10.2. The molecule has 0 aliphatic rings. The van der Waals surface area contributed by atoms with Gasteiger partial charge in [0.2, 0.25) is 5.91 Å². The third-order valence-corrected chi connectivity index (χ3v) is 7.77. The smallest absolute Gasteiger partial charge is 0.272 e. The van der Waals surface area contributed by atoms with Crippen LogP contribution in [0, 0.1) is 6.92 Å². The average molecular weight is 578 g/mol. The van der Waals surface area contributed by atoms with E-state index in [1.807, 2.05) is 80.6 Å². The maximum absolute atomic E-state index is 13.3. The summed E-state index contributed by atoms with van der Waals surface area (Å²) in [5.41, 5.74) is 4.94. The van der Waals surface area contributed by atoms with Gasteiger partial charge in [0.1, 0.15) is 5.70 Å². The molecule has 0 aromatic heterocycles. The van der Waals surface area contributed by atoms with Crippen molar-refractivity contribution in [1.29, 1.82) is 0 Å². The average Bonchev–Trinajstić information content (AvgIpc) is 2.99. The van der Waals surface area contributed by atoms with Gasteiger partial charge in [-0.2, -0.15) is 0 Å². The Balaban J connectivity index is 1.41. The first-order valence-corrected chi connectivity index (χ1v) is 14.7. The molecule has 0 radical (unpaired) electrons. The third-order valence-electron chi connectivity index (χ3n) is 6.66. The molecular formula is C35H35N3O3S. The lowest BCUT2D eigenvalue weighted by atomic mass is 10.0. The van der Waals surface area contributed by atoms with Crippen molar-refractivity contribution in [3.8, 4) is 0 Å². The summed E-state index contributed by atoms with van der Waals surface area (Å²) in [6.45, 7) is 8.07. The van der Waals surface area contributed by atoms with E-state index < -0.39 is 5.91 Å². The Labute approximate surface area is 251 Å². The van der Waals surface area contributed by atoms with E-state index in [1.165, 1.54) is 17.3 Å². The lowest BCUT2D eigenvalue weighted by molar-refractivity contribution is -0.115. The monoisotopic (exact) mass is 577 g/mol. The number of hydrogen-bond acceptors (Lipinski definition) is 4. The maximum atomic E-state index is 13.3. The minimum atomic E-state index is -0.445. The molecule has 7 heteroatoms. The SMILES string of the molecule is Cc1ccccc1/C=C(\NC(=O)c1ccccc1)C(=O)Nc1ccc(SC(C)C(=O)Nc2ccc(C(C)C)cc2)cc1. The molecule has 4 aromatic carbocycles. The fourth-order valence-electron chi connectivity index (χ4n) is 4.11. The van der Waals surface area contributed by atoms with E-state index in [4.69, 9.17) is 0 Å². The molecule has 1 atom stereocenters. The molecule has 3 amide bonds. The molecule has 42 heavy (non-hydrogen) atoms. The van der Waals surface area contributed by atoms with Gasteiger partial charge in [0, 0.05) is 21.8 Å². The summed E-state index contributed by atoms with van der Waals surface area (Å²) in [5, 5.41) is 8.29. The minimum absolute atomic E-state index is 0.0881. The summed E-state index contributed by atoms with van der Waals surface area (Å²) < 4.78 is 0. The van der Waals surface area contributed by atoms with Crippen molar-refractivity contribution in [2.75, 3.05) is 10.6 Å². The van der Waals surface area contributed by atoms with E-state index in [0.717, 1.165) is 21.7 Å². The van der Waals surface area contributed by atoms with Gasteiger partial charge in [-0.25, -0.2) is 0 Å². The van der Waals surface area contributed by atoms with Gasteiger partial charge in [-0.1, -0.05) is 68.4 Å². The van der Waals surface area contributed by atoms with Crippen LogP contribution in [0.25, 0.3) is 6.08 Å². The molecule has 0 spiro atoms. The molecule has 0 saturated heterocycles. The second-order valence-corrected chi connectivity index (χ2v) is 11.7. The second kappa shape index (κ2) is 14.3. The van der Waals surface area contributed by atoms with Gasteiger partial charge < -0.3 is 16.0 Å². The third kappa shape index (κ3) is 8.44. The van der Waals surface area contributed by atoms with E-state index in [0.29, 0.717) is 17.2 Å². The number of carbonyl (C=O) groups is 3. The van der Waals surface area contributed by atoms with Crippen molar-refractivity contribution in [1.82, 2.24) is 5.32 Å². The molecule has 4 rings (SSSR count). The number of aryl methyl sites for hydroxylation is 1. The van der Waals surface area contributed by atoms with Crippen LogP contribution in [-0.4, -0.2) is 23.0 Å². The van der Waals surface area contributed by atoms with Crippen molar-refractivity contribution >= 4 is 46.9 Å². The van der Waals surface area contributed by atoms with Crippen LogP contribution >= 0.6 is 11.8 Å². The zero-order chi connectivity index (χ0) is 30.1. The highest BCUT2D eigenvalue weighted by Crippen LogP contribution is 2.26. The van der Waals surface area contributed by atoms with Crippen molar-refractivity contribution in [3.05, 3.63) is 131 Å². The van der Waals surface area contributed by atoms with Gasteiger partial charge in [0.15, 0.2) is 0 Å². The van der Waals surface area contributed by atoms with Crippen LogP contribution in [0.3, 0.4) is 0 Å². The van der Waals surface area contributed by atoms with Crippen LogP contribution < -0.4 is 16.0 Å². The molecular weight excluding hydrogens is 542 g/mol. The summed E-state index contributed by atoms with van der Waals surface area (Å²) in [6.07, 6.45) is 1.67. The van der Waals surface area contributed by atoms with E-state index in [-0.39, 0.29) is 22.8 Å². The van der Waals surface area contributed by atoms with Gasteiger partial charge in [0.25, 0.3) is 11.8 Å². The number of hydrogen-bond donors (Lipinski definition) is 3. The van der Waals surface area contributed by atoms with Gasteiger partial charge >= 0.3 is 0 Å². The molecule has 3 N–H and O–H groups in total. The molecule has 0 fully saturated rings. The summed E-state index contributed by atoms with van der Waals surface area (Å²) in [7, 11) is 0. The first-order chi connectivity index (χ1) is 20.2. The zero-order valence-electron chi connectivity index (χ0n) is 24.2. The summed E-state index contributed by atoms with van der Waals surface area (Å²) >= 11 is 1.43. The highest BCUT2D eigenvalue weighted by Gasteiger charge is 2.17. The summed E-state index contributed by atoms with van der Waals surface area (Å²) in [5.74, 6) is -0.477. The number of benzene rings is 4. The van der Waals surface area contributed by atoms with Crippen LogP contribution in [-0.2, 0) is 9.59 Å². The standard InChI is InChI=1S/C35H35N3O3S/c1-23(2)26-14-16-29(17-15-26)36-33(39)25(4)42-31-20-18-30(19-21-31)37-35(41)32(22-28-13-9-8-10-24(28)3)38-34(40)27-11-6-5-7-12-27/h5-23,25H,1-4H3,(H,36,39)(H,37,41)(H,38,40)/b32-22-. The molecule has 0 saturated carbocycles. The lowest BCUT2D eigenvalue weighted by Crippen LogP contribution is -2.30. The number of nitrogens with one attached hydrogen (secondary N) is 3. The molecule has 0 aliphatic heterocycles. The minimum Gasteiger partial charge on any atom is -0.325 e. The van der Waals surface area contributed by atoms with Gasteiger partial charge in [-0.05, 0) is 91.1 Å². The van der Waals surface area contributed by atoms with Crippen molar-refractivity contribution in [2.45, 2.75) is 43.8 Å². The van der Waals surface area contributed by atoms with Crippen LogP contribution in [0.1, 0.15) is 53.7 Å². The van der Waals surface area contributed by atoms with Gasteiger partial charge in [0.05, 0.1) is 5.25 Å². The van der Waals surface area contributed by atoms with Crippen molar-refractivity contribution in [3.63, 3.8) is 0 Å². The Morgan fingerprint density at radius 3 is 1.95 bits per heavy atom. The maximum Gasteiger partial charge on any atom is 0.272 e. The van der Waals surface area contributed by atoms with Gasteiger partial charge in [-0.15, -0.1) is 11.8 Å². The number of anilines is 2. The van der Waals surface area contributed by atoms with E-state index in [2.05, 4.69) is 29.8 Å². The molecule has 214 valence electrons. The molecule has 6 nitrogen and oxygen atoms in total. The first kappa shape index (κ1) is 30.3. The quantitative estimate of drug-likeness (QED) is 0.133. The Bertz CT molecular complexity index is 1560. The van der Waals surface area contributed by atoms with Crippen LogP contribution in [0.15, 0.2) is 114 Å². The Morgan fingerprint density at radius 1 is 0.714 bits per heavy atom. The summed E-state index contributed by atoms with van der Waals surface area (Å²) in [6, 6.07) is 31.6. The van der Waals surface area contributed by atoms with Gasteiger partial charge in [-0.3, -0.25) is 14.4 Å². The predicted molar refractivity (Wildman–Crippen MR) is 173 cm³/mol. The van der Waals surface area contributed by atoms with E-state index >= 15 is 0 Å². The Morgan fingerprint density at radius 2 is 1.31 bits per heavy atom. The molecule has 4 aromatic rings. The Kier molecular flexibility index (Phi) is 10.3. The zero-order valence-corrected chi connectivity index (χ0v) is 25.0. The largest absolute Gasteiger partial charge is 0.325 e. The van der Waals surface area contributed by atoms with Crippen LogP contribution in [0.5, 0.6) is 0 Å². The van der Waals surface area contributed by atoms with Crippen molar-refractivity contribution in [2.24, 2.45) is 0 Å². The topological polar surface area (TPSA) is 87.3 Å². The predicted octanol–water partition coefficient (Wildman–Crippen LogP) is 7.65. The fraction of sp³-hybridized carbons (Fsp3) is 0.171. The highest BCUT2D eigenvalue weighted by molar-refractivity contribution is 8.00. The molecule has 0 aliphatic carbocycles. The number of amides is 3. The molecule has 0 bridgehead atoms. The number of carbonyl (C=O) groups excluding carboxylic acids is 3. The number of thioether (sulfide) groups is 1. The highest BCUT2D eigenvalue weighted by atomic mass is 32.2. The molecule has 1 unspecified atom stereocenters. The normalized spacial score (nSPS) is 12.0. The fourth-order valence-corrected chi connectivity index (χ4v) is 4.98. The number of rotatable bonds is 10. The van der Waals surface area contributed by atoms with E-state index in [9.17, 15) is 14.4 Å².